The quantitative estimate of drug-likeness (QED) is 0.760. The minimum Gasteiger partial charge on any atom is -0.493 e. The highest BCUT2D eigenvalue weighted by molar-refractivity contribution is 5.95. The topological polar surface area (TPSA) is 53.4 Å². The molecule has 0 radical (unpaired) electrons. The molecule has 106 valence electrons. The van der Waals surface area contributed by atoms with Gasteiger partial charge in [0.05, 0.1) is 20.8 Å². The van der Waals surface area contributed by atoms with Crippen LogP contribution in [0.5, 0.6) is 11.5 Å². The smallest absolute Gasteiger partial charge is 0.184 e. The number of ketones is 1. The van der Waals surface area contributed by atoms with Gasteiger partial charge < -0.3 is 14.0 Å². The number of aromatic nitrogens is 2. The van der Waals surface area contributed by atoms with Gasteiger partial charge in [0.2, 0.25) is 0 Å². The Labute approximate surface area is 118 Å². The molecule has 0 aliphatic heterocycles. The van der Waals surface area contributed by atoms with Crippen LogP contribution in [0.25, 0.3) is 0 Å². The van der Waals surface area contributed by atoms with Gasteiger partial charge in [-0.1, -0.05) is 6.92 Å². The molecule has 0 N–H and O–H groups in total. The fraction of sp³-hybridized carbons (Fsp3) is 0.333. The van der Waals surface area contributed by atoms with E-state index < -0.39 is 0 Å². The molecular formula is C15H18N2O3. The zero-order chi connectivity index (χ0) is 14.5. The van der Waals surface area contributed by atoms with Crippen LogP contribution in [0.2, 0.25) is 0 Å². The molecule has 0 aliphatic rings. The van der Waals surface area contributed by atoms with Crippen LogP contribution in [0.1, 0.15) is 29.4 Å². The van der Waals surface area contributed by atoms with Crippen LogP contribution in [0.3, 0.4) is 0 Å². The van der Waals surface area contributed by atoms with Crippen molar-refractivity contribution < 1.29 is 14.3 Å². The van der Waals surface area contributed by atoms with Crippen LogP contribution in [-0.2, 0) is 6.54 Å². The van der Waals surface area contributed by atoms with Gasteiger partial charge in [-0.3, -0.25) is 9.78 Å². The Bertz CT molecular complexity index is 605. The second kappa shape index (κ2) is 6.23. The zero-order valence-electron chi connectivity index (χ0n) is 11.9. The summed E-state index contributed by atoms with van der Waals surface area (Å²) in [6.45, 7) is 2.38. The number of hydrogen-bond acceptors (Lipinski definition) is 4. The van der Waals surface area contributed by atoms with E-state index in [1.165, 1.54) is 0 Å². The Morgan fingerprint density at radius 2 is 2.10 bits per heavy atom. The first kappa shape index (κ1) is 14.1. The second-order valence-electron chi connectivity index (χ2n) is 4.34. The van der Waals surface area contributed by atoms with Crippen molar-refractivity contribution in [2.45, 2.75) is 19.9 Å². The van der Waals surface area contributed by atoms with Gasteiger partial charge in [-0.05, 0) is 6.07 Å². The SMILES string of the molecule is CCC(=O)c1ccn(Cc2nccc(OC)c2OC)c1. The molecule has 0 saturated carbocycles. The number of pyridine rings is 1. The lowest BCUT2D eigenvalue weighted by Gasteiger charge is -2.11. The summed E-state index contributed by atoms with van der Waals surface area (Å²) < 4.78 is 12.5. The first-order valence-corrected chi connectivity index (χ1v) is 6.44. The van der Waals surface area contributed by atoms with E-state index in [-0.39, 0.29) is 5.78 Å². The monoisotopic (exact) mass is 274 g/mol. The standard InChI is InChI=1S/C15H18N2O3/c1-4-13(18)11-6-8-17(9-11)10-12-15(20-3)14(19-2)5-7-16-12/h5-9H,4,10H2,1-3H3. The fourth-order valence-corrected chi connectivity index (χ4v) is 2.04. The van der Waals surface area contributed by atoms with Crippen LogP contribution < -0.4 is 9.47 Å². The lowest BCUT2D eigenvalue weighted by atomic mass is 10.2. The van der Waals surface area contributed by atoms with E-state index in [1.54, 1.807) is 26.5 Å². The van der Waals surface area contributed by atoms with Gasteiger partial charge in [-0.15, -0.1) is 0 Å². The summed E-state index contributed by atoms with van der Waals surface area (Å²) in [6, 6.07) is 3.57. The maximum atomic E-state index is 11.6. The Morgan fingerprint density at radius 3 is 2.75 bits per heavy atom. The van der Waals surface area contributed by atoms with Crippen LogP contribution in [0.15, 0.2) is 30.7 Å². The third-order valence-corrected chi connectivity index (χ3v) is 3.09. The summed E-state index contributed by atoms with van der Waals surface area (Å²) in [6.07, 6.45) is 5.87. The zero-order valence-corrected chi connectivity index (χ0v) is 11.9. The molecule has 20 heavy (non-hydrogen) atoms. The van der Waals surface area contributed by atoms with Crippen molar-refractivity contribution in [1.29, 1.82) is 0 Å². The normalized spacial score (nSPS) is 10.3. The molecule has 0 unspecified atom stereocenters. The third kappa shape index (κ3) is 2.82. The van der Waals surface area contributed by atoms with Crippen molar-refractivity contribution in [3.8, 4) is 11.5 Å². The number of rotatable bonds is 6. The first-order valence-electron chi connectivity index (χ1n) is 6.44. The molecule has 0 saturated heterocycles. The summed E-state index contributed by atoms with van der Waals surface area (Å²) in [5.74, 6) is 1.40. The van der Waals surface area contributed by atoms with Crippen molar-refractivity contribution >= 4 is 5.78 Å². The molecule has 5 heteroatoms. The predicted molar refractivity (Wildman–Crippen MR) is 75.5 cm³/mol. The van der Waals surface area contributed by atoms with E-state index >= 15 is 0 Å². The van der Waals surface area contributed by atoms with Crippen molar-refractivity contribution in [1.82, 2.24) is 9.55 Å². The van der Waals surface area contributed by atoms with E-state index in [0.29, 0.717) is 24.5 Å². The molecule has 0 amide bonds. The Kier molecular flexibility index (Phi) is 4.40. The highest BCUT2D eigenvalue weighted by atomic mass is 16.5. The minimum absolute atomic E-state index is 0.134. The number of carbonyl (C=O) groups is 1. The van der Waals surface area contributed by atoms with Crippen LogP contribution >= 0.6 is 0 Å². The van der Waals surface area contributed by atoms with Gasteiger partial charge in [-0.25, -0.2) is 0 Å². The number of nitrogens with zero attached hydrogens (tertiary/aromatic N) is 2. The van der Waals surface area contributed by atoms with E-state index in [0.717, 1.165) is 11.3 Å². The van der Waals surface area contributed by atoms with Gasteiger partial charge >= 0.3 is 0 Å². The van der Waals surface area contributed by atoms with Crippen LogP contribution in [-0.4, -0.2) is 29.6 Å². The summed E-state index contributed by atoms with van der Waals surface area (Å²) in [4.78, 5) is 15.9. The van der Waals surface area contributed by atoms with Gasteiger partial charge in [0.25, 0.3) is 0 Å². The molecule has 2 rings (SSSR count). The Balaban J connectivity index is 2.26. The van der Waals surface area contributed by atoms with Crippen molar-refractivity contribution in [2.75, 3.05) is 14.2 Å². The van der Waals surface area contributed by atoms with E-state index in [4.69, 9.17) is 9.47 Å². The maximum Gasteiger partial charge on any atom is 0.184 e. The largest absolute Gasteiger partial charge is 0.493 e. The number of methoxy groups -OCH3 is 2. The Morgan fingerprint density at radius 1 is 1.30 bits per heavy atom. The number of Topliss-reactive ketones (excluding diaryl/α,β-unsaturated/α-hetero) is 1. The molecule has 2 aromatic heterocycles. The highest BCUT2D eigenvalue weighted by Gasteiger charge is 2.12. The van der Waals surface area contributed by atoms with Crippen LogP contribution in [0, 0.1) is 0 Å². The summed E-state index contributed by atoms with van der Waals surface area (Å²) >= 11 is 0. The average Bonchev–Trinajstić information content (AvgIpc) is 2.94. The van der Waals surface area contributed by atoms with Crippen molar-refractivity contribution in [3.05, 3.63) is 42.0 Å². The third-order valence-electron chi connectivity index (χ3n) is 3.09. The Hall–Kier alpha value is -2.30. The number of carbonyl (C=O) groups excluding carboxylic acids is 1. The molecule has 0 bridgehead atoms. The molecule has 0 atom stereocenters. The van der Waals surface area contributed by atoms with Crippen molar-refractivity contribution in [2.24, 2.45) is 0 Å². The molecule has 2 heterocycles. The lowest BCUT2D eigenvalue weighted by molar-refractivity contribution is 0.0988. The maximum absolute atomic E-state index is 11.6. The molecule has 5 nitrogen and oxygen atoms in total. The van der Waals surface area contributed by atoms with E-state index in [9.17, 15) is 4.79 Å². The minimum atomic E-state index is 0.134. The highest BCUT2D eigenvalue weighted by Crippen LogP contribution is 2.29. The van der Waals surface area contributed by atoms with Gasteiger partial charge in [0.1, 0.15) is 5.69 Å². The van der Waals surface area contributed by atoms with Crippen molar-refractivity contribution in [3.63, 3.8) is 0 Å². The first-order chi connectivity index (χ1) is 9.69. The summed E-state index contributed by atoms with van der Waals surface area (Å²) in [7, 11) is 3.18. The molecule has 0 spiro atoms. The molecule has 0 aromatic carbocycles. The summed E-state index contributed by atoms with van der Waals surface area (Å²) in [5.41, 5.74) is 1.48. The molecule has 0 aliphatic carbocycles. The van der Waals surface area contributed by atoms with Gasteiger partial charge in [-0.2, -0.15) is 0 Å². The van der Waals surface area contributed by atoms with Crippen LogP contribution in [0.4, 0.5) is 0 Å². The molecule has 0 fully saturated rings. The van der Waals surface area contributed by atoms with Gasteiger partial charge in [0, 0.05) is 36.6 Å². The second-order valence-corrected chi connectivity index (χ2v) is 4.34. The fourth-order valence-electron chi connectivity index (χ4n) is 2.04. The molecule has 2 aromatic rings. The van der Waals surface area contributed by atoms with Gasteiger partial charge in [0.15, 0.2) is 17.3 Å². The lowest BCUT2D eigenvalue weighted by Crippen LogP contribution is -2.04. The molecular weight excluding hydrogens is 256 g/mol. The van der Waals surface area contributed by atoms with E-state index in [2.05, 4.69) is 4.98 Å². The summed E-state index contributed by atoms with van der Waals surface area (Å²) in [5, 5.41) is 0. The average molecular weight is 274 g/mol. The number of hydrogen-bond donors (Lipinski definition) is 0. The van der Waals surface area contributed by atoms with E-state index in [1.807, 2.05) is 30.0 Å². The predicted octanol–water partition coefficient (Wildman–Crippen LogP) is 2.54. The number of ether oxygens (including phenoxy) is 2.